The molecule has 272 valence electrons. The third-order valence-corrected chi connectivity index (χ3v) is 6.78. The zero-order valence-electron chi connectivity index (χ0n) is 31.0. The largest absolute Gasteiger partial charge is 0.495 e. The Morgan fingerprint density at radius 3 is 1.51 bits per heavy atom. The molecule has 0 spiro atoms. The second kappa shape index (κ2) is 19.8. The number of nitrogens with one attached hydrogen (secondary N) is 3. The van der Waals surface area contributed by atoms with Crippen molar-refractivity contribution in [1.29, 1.82) is 0 Å². The van der Waals surface area contributed by atoms with Crippen molar-refractivity contribution in [1.82, 2.24) is 9.80 Å². The Morgan fingerprint density at radius 2 is 1.12 bits per heavy atom. The molecule has 0 heterocycles. The SMILES string of the molecule is C=CC(=O)Nc1cc(N)c(OC)cc1N(C)CCN(C)C.C=CC(=O)Nc1cc(NC(=O)OC(C)(C)C)c(OC)cc1N(C)CCN(C)C. The van der Waals surface area contributed by atoms with E-state index in [2.05, 4.69) is 38.9 Å². The fraction of sp³-hybridized carbons (Fsp3) is 0.457. The summed E-state index contributed by atoms with van der Waals surface area (Å²) in [5.41, 5.74) is 8.90. The Balaban J connectivity index is 0.000000510. The Kier molecular flexibility index (Phi) is 17.0. The van der Waals surface area contributed by atoms with Gasteiger partial charge in [0.25, 0.3) is 0 Å². The van der Waals surface area contributed by atoms with E-state index >= 15 is 0 Å². The minimum atomic E-state index is -0.635. The average molecular weight is 685 g/mol. The molecule has 3 amide bonds. The van der Waals surface area contributed by atoms with Crippen LogP contribution in [0.15, 0.2) is 49.6 Å². The van der Waals surface area contributed by atoms with Crippen LogP contribution in [-0.4, -0.2) is 116 Å². The number of methoxy groups -OCH3 is 2. The molecule has 14 heteroatoms. The topological polar surface area (TPSA) is 154 Å². The lowest BCUT2D eigenvalue weighted by Gasteiger charge is -2.26. The van der Waals surface area contributed by atoms with Crippen LogP contribution in [0.2, 0.25) is 0 Å². The summed E-state index contributed by atoms with van der Waals surface area (Å²) in [5.74, 6) is 0.407. The van der Waals surface area contributed by atoms with Crippen molar-refractivity contribution in [3.05, 3.63) is 49.6 Å². The third-order valence-electron chi connectivity index (χ3n) is 6.78. The average Bonchev–Trinajstić information content (AvgIpc) is 3.01. The van der Waals surface area contributed by atoms with Crippen molar-refractivity contribution < 1.29 is 28.6 Å². The molecule has 5 N–H and O–H groups in total. The van der Waals surface area contributed by atoms with Crippen molar-refractivity contribution in [2.24, 2.45) is 0 Å². The molecular weight excluding hydrogens is 628 g/mol. The second-order valence-corrected chi connectivity index (χ2v) is 12.6. The molecule has 0 aliphatic carbocycles. The Morgan fingerprint density at radius 1 is 0.694 bits per heavy atom. The van der Waals surface area contributed by atoms with Gasteiger partial charge >= 0.3 is 6.09 Å². The van der Waals surface area contributed by atoms with E-state index in [0.717, 1.165) is 37.6 Å². The predicted molar refractivity (Wildman–Crippen MR) is 202 cm³/mol. The number of hydrogen-bond acceptors (Lipinski definition) is 11. The van der Waals surface area contributed by atoms with Crippen LogP contribution in [0, 0.1) is 0 Å². The molecule has 49 heavy (non-hydrogen) atoms. The molecule has 0 atom stereocenters. The molecule has 2 rings (SSSR count). The maximum absolute atomic E-state index is 12.2. The normalized spacial score (nSPS) is 10.7. The predicted octanol–water partition coefficient (Wildman–Crippen LogP) is 4.56. The lowest BCUT2D eigenvalue weighted by atomic mass is 10.2. The van der Waals surface area contributed by atoms with E-state index in [0.29, 0.717) is 34.2 Å². The summed E-state index contributed by atoms with van der Waals surface area (Å²) in [6.45, 7) is 15.5. The van der Waals surface area contributed by atoms with Crippen LogP contribution in [0.3, 0.4) is 0 Å². The summed E-state index contributed by atoms with van der Waals surface area (Å²) in [7, 11) is 15.0. The van der Waals surface area contributed by atoms with Gasteiger partial charge in [0.2, 0.25) is 11.8 Å². The van der Waals surface area contributed by atoms with Crippen molar-refractivity contribution in [2.45, 2.75) is 26.4 Å². The van der Waals surface area contributed by atoms with Crippen molar-refractivity contribution in [2.75, 3.05) is 114 Å². The number of ether oxygens (including phenoxy) is 3. The van der Waals surface area contributed by atoms with Crippen molar-refractivity contribution >= 4 is 52.0 Å². The summed E-state index contributed by atoms with van der Waals surface area (Å²) in [6.07, 6.45) is 1.80. The molecule has 0 saturated heterocycles. The van der Waals surface area contributed by atoms with Crippen LogP contribution >= 0.6 is 0 Å². The molecule has 0 unspecified atom stereocenters. The van der Waals surface area contributed by atoms with Gasteiger partial charge in [0.1, 0.15) is 17.1 Å². The zero-order chi connectivity index (χ0) is 37.5. The summed E-state index contributed by atoms with van der Waals surface area (Å²) >= 11 is 0. The maximum atomic E-state index is 12.2. The van der Waals surface area contributed by atoms with Gasteiger partial charge in [-0.15, -0.1) is 0 Å². The lowest BCUT2D eigenvalue weighted by molar-refractivity contribution is -0.112. The third kappa shape index (κ3) is 14.8. The number of amides is 3. The van der Waals surface area contributed by atoms with Gasteiger partial charge in [-0.1, -0.05) is 13.2 Å². The summed E-state index contributed by atoms with van der Waals surface area (Å²) in [4.78, 5) is 43.8. The van der Waals surface area contributed by atoms with Gasteiger partial charge in [0.15, 0.2) is 0 Å². The number of anilines is 6. The van der Waals surface area contributed by atoms with Crippen LogP contribution < -0.4 is 41.0 Å². The fourth-order valence-electron chi connectivity index (χ4n) is 4.15. The first kappa shape index (κ1) is 42.1. The molecule has 0 aliphatic rings. The smallest absolute Gasteiger partial charge is 0.412 e. The highest BCUT2D eigenvalue weighted by Gasteiger charge is 2.20. The highest BCUT2D eigenvalue weighted by Crippen LogP contribution is 2.37. The molecule has 2 aromatic carbocycles. The number of benzene rings is 2. The first-order chi connectivity index (χ1) is 22.8. The van der Waals surface area contributed by atoms with Gasteiger partial charge in [-0.3, -0.25) is 14.9 Å². The fourth-order valence-corrected chi connectivity index (χ4v) is 4.15. The van der Waals surface area contributed by atoms with Gasteiger partial charge in [0.05, 0.1) is 48.3 Å². The van der Waals surface area contributed by atoms with Crippen molar-refractivity contribution in [3.8, 4) is 11.5 Å². The molecule has 2 aromatic rings. The molecule has 0 saturated carbocycles. The minimum Gasteiger partial charge on any atom is -0.495 e. The van der Waals surface area contributed by atoms with Gasteiger partial charge in [-0.2, -0.15) is 0 Å². The van der Waals surface area contributed by atoms with E-state index < -0.39 is 11.7 Å². The lowest BCUT2D eigenvalue weighted by Crippen LogP contribution is -2.29. The van der Waals surface area contributed by atoms with E-state index in [1.54, 1.807) is 46.1 Å². The van der Waals surface area contributed by atoms with E-state index in [9.17, 15) is 14.4 Å². The molecule has 0 fully saturated rings. The monoisotopic (exact) mass is 684 g/mol. The molecule has 0 aliphatic heterocycles. The maximum Gasteiger partial charge on any atom is 0.412 e. The molecular formula is C35H56N8O6. The van der Waals surface area contributed by atoms with Crippen molar-refractivity contribution in [3.63, 3.8) is 0 Å². The molecule has 0 radical (unpaired) electrons. The molecule has 0 bridgehead atoms. The number of nitrogen functional groups attached to an aromatic ring is 1. The summed E-state index contributed by atoms with van der Waals surface area (Å²) in [5, 5.41) is 8.23. The first-order valence-electron chi connectivity index (χ1n) is 15.6. The Labute approximate surface area is 291 Å². The number of hydrogen-bond donors (Lipinski definition) is 4. The quantitative estimate of drug-likeness (QED) is 0.154. The van der Waals surface area contributed by atoms with E-state index in [-0.39, 0.29) is 11.8 Å². The molecule has 0 aromatic heterocycles. The van der Waals surface area contributed by atoms with Crippen LogP contribution in [0.5, 0.6) is 11.5 Å². The zero-order valence-corrected chi connectivity index (χ0v) is 31.0. The number of carbonyl (C=O) groups excluding carboxylic acids is 3. The number of carbonyl (C=O) groups is 3. The van der Waals surface area contributed by atoms with E-state index in [4.69, 9.17) is 19.9 Å². The van der Waals surface area contributed by atoms with Crippen LogP contribution in [0.4, 0.5) is 38.9 Å². The number of nitrogens with zero attached hydrogens (tertiary/aromatic N) is 4. The minimum absolute atomic E-state index is 0.276. The van der Waals surface area contributed by atoms with E-state index in [1.807, 2.05) is 58.2 Å². The summed E-state index contributed by atoms with van der Waals surface area (Å²) in [6, 6.07) is 6.93. The highest BCUT2D eigenvalue weighted by molar-refractivity contribution is 6.03. The number of rotatable bonds is 15. The van der Waals surface area contributed by atoms with Gasteiger partial charge in [0, 0.05) is 52.4 Å². The molecule has 14 nitrogen and oxygen atoms in total. The number of nitrogens with two attached hydrogens (primary N) is 1. The van der Waals surface area contributed by atoms with Gasteiger partial charge in [-0.05, 0) is 73.2 Å². The van der Waals surface area contributed by atoms with E-state index in [1.165, 1.54) is 19.3 Å². The van der Waals surface area contributed by atoms with Crippen LogP contribution in [-0.2, 0) is 14.3 Å². The Hall–Kier alpha value is -4.95. The second-order valence-electron chi connectivity index (χ2n) is 12.6. The van der Waals surface area contributed by atoms with Crippen LogP contribution in [0.25, 0.3) is 0 Å². The van der Waals surface area contributed by atoms with Crippen LogP contribution in [0.1, 0.15) is 20.8 Å². The first-order valence-corrected chi connectivity index (χ1v) is 15.6. The summed E-state index contributed by atoms with van der Waals surface area (Å²) < 4.78 is 16.0. The van der Waals surface area contributed by atoms with Gasteiger partial charge in [-0.25, -0.2) is 4.79 Å². The Bertz CT molecular complexity index is 1440. The van der Waals surface area contributed by atoms with Gasteiger partial charge < -0.3 is 50.2 Å². The highest BCUT2D eigenvalue weighted by atomic mass is 16.6. The standard InChI is InChI=1S/C20H32N4O4.C15H24N4O2/c1-9-18(25)21-14-12-15(22-19(26)28-20(2,3)4)17(27-8)13-16(14)24(7)11-10-23(5)6;1-6-15(20)17-12-9-11(16)14(21-5)10-13(12)19(4)8-7-18(2)3/h9,12-13H,1,10-11H2,2-8H3,(H,21,25)(H,22,26);6,9-10H,1,7-8,16H2,2-5H3,(H,17,20). The number of likely N-dealkylation sites (N-methyl/N-ethyl adjacent to an activating group) is 4.